The van der Waals surface area contributed by atoms with Gasteiger partial charge in [-0.05, 0) is 26.2 Å². The summed E-state index contributed by atoms with van der Waals surface area (Å²) in [5, 5.41) is 5.54. The lowest BCUT2D eigenvalue weighted by Crippen LogP contribution is -2.47. The summed E-state index contributed by atoms with van der Waals surface area (Å²) in [6, 6.07) is -0.664. The highest BCUT2D eigenvalue weighted by molar-refractivity contribution is 6.09. The first-order valence-corrected chi connectivity index (χ1v) is 8.63. The number of imide groups is 1. The second kappa shape index (κ2) is 7.06. The number of nitrogens with one attached hydrogen (secondary N) is 2. The van der Waals surface area contributed by atoms with E-state index < -0.39 is 11.6 Å². The number of hydrogen-bond acceptors (Lipinski definition) is 5. The highest BCUT2D eigenvalue weighted by Crippen LogP contribution is 2.34. The lowest BCUT2D eigenvalue weighted by molar-refractivity contribution is -0.135. The van der Waals surface area contributed by atoms with Crippen LogP contribution in [0.1, 0.15) is 39.0 Å². The van der Waals surface area contributed by atoms with Gasteiger partial charge >= 0.3 is 6.03 Å². The average molecular weight is 339 g/mol. The Morgan fingerprint density at radius 2 is 2.21 bits per heavy atom. The van der Waals surface area contributed by atoms with Gasteiger partial charge in [0.05, 0.1) is 19.3 Å². The van der Waals surface area contributed by atoms with Crippen LogP contribution in [-0.2, 0) is 19.1 Å². The van der Waals surface area contributed by atoms with Gasteiger partial charge in [-0.15, -0.1) is 0 Å². The third kappa shape index (κ3) is 3.54. The van der Waals surface area contributed by atoms with Gasteiger partial charge in [0.2, 0.25) is 5.91 Å². The Kier molecular flexibility index (Phi) is 5.05. The fourth-order valence-corrected chi connectivity index (χ4v) is 3.57. The van der Waals surface area contributed by atoms with Crippen LogP contribution in [0.4, 0.5) is 4.79 Å². The normalized spacial score (nSPS) is 26.9. The third-order valence-electron chi connectivity index (χ3n) is 4.88. The summed E-state index contributed by atoms with van der Waals surface area (Å²) in [5.41, 5.74) is -0.769. The van der Waals surface area contributed by atoms with E-state index in [4.69, 9.17) is 9.47 Å². The molecule has 134 valence electrons. The van der Waals surface area contributed by atoms with Crippen LogP contribution in [-0.4, -0.2) is 66.8 Å². The minimum absolute atomic E-state index is 0.0810. The summed E-state index contributed by atoms with van der Waals surface area (Å²) in [6.07, 6.45) is 4.10. The van der Waals surface area contributed by atoms with Crippen molar-refractivity contribution < 1.29 is 23.9 Å². The van der Waals surface area contributed by atoms with E-state index in [1.54, 1.807) is 0 Å². The summed E-state index contributed by atoms with van der Waals surface area (Å²) in [7, 11) is 0. The summed E-state index contributed by atoms with van der Waals surface area (Å²) in [5.74, 6) is -0.625. The van der Waals surface area contributed by atoms with Crippen LogP contribution >= 0.6 is 0 Å². The summed E-state index contributed by atoms with van der Waals surface area (Å²) >= 11 is 0. The lowest BCUT2D eigenvalue weighted by Gasteiger charge is -2.21. The van der Waals surface area contributed by atoms with Gasteiger partial charge in [0.1, 0.15) is 12.1 Å². The molecule has 2 heterocycles. The van der Waals surface area contributed by atoms with Gasteiger partial charge in [-0.25, -0.2) is 4.79 Å². The Labute approximate surface area is 141 Å². The maximum Gasteiger partial charge on any atom is 0.325 e. The van der Waals surface area contributed by atoms with E-state index in [1.807, 2.05) is 6.92 Å². The molecule has 1 aliphatic carbocycles. The van der Waals surface area contributed by atoms with Gasteiger partial charge < -0.3 is 20.1 Å². The van der Waals surface area contributed by atoms with Crippen LogP contribution in [0.3, 0.4) is 0 Å². The quantitative estimate of drug-likeness (QED) is 0.672. The van der Waals surface area contributed by atoms with Crippen molar-refractivity contribution in [1.82, 2.24) is 15.5 Å². The second-order valence-corrected chi connectivity index (χ2v) is 6.90. The summed E-state index contributed by atoms with van der Waals surface area (Å²) in [4.78, 5) is 37.7. The number of ether oxygens (including phenoxy) is 2. The Morgan fingerprint density at radius 1 is 1.46 bits per heavy atom. The Balaban J connectivity index is 1.45. The van der Waals surface area contributed by atoms with Crippen LogP contribution in [0.5, 0.6) is 0 Å². The standard InChI is InChI=1S/C16H25N3O5/c1-11(9-24-12-4-7-23-10-12)17-13(20)8-19-14(21)16(18-15(19)22)5-2-3-6-16/h11-12H,2-10H2,1H3,(H,17,20)(H,18,22)/t11-,12+/m0/s1. The fraction of sp³-hybridized carbons (Fsp3) is 0.812. The van der Waals surface area contributed by atoms with Crippen molar-refractivity contribution in [3.8, 4) is 0 Å². The SMILES string of the molecule is C[C@@H](CO[C@@H]1CCOC1)NC(=O)CN1C(=O)NC2(CCCC2)C1=O. The van der Waals surface area contributed by atoms with Crippen LogP contribution in [0.2, 0.25) is 0 Å². The largest absolute Gasteiger partial charge is 0.379 e. The molecule has 2 aliphatic heterocycles. The van der Waals surface area contributed by atoms with Crippen molar-refractivity contribution in [2.45, 2.75) is 56.7 Å². The average Bonchev–Trinajstić information content (AvgIpc) is 3.25. The first-order valence-electron chi connectivity index (χ1n) is 8.63. The van der Waals surface area contributed by atoms with Crippen molar-refractivity contribution >= 4 is 17.8 Å². The van der Waals surface area contributed by atoms with Crippen molar-refractivity contribution in [2.24, 2.45) is 0 Å². The third-order valence-corrected chi connectivity index (χ3v) is 4.88. The van der Waals surface area contributed by atoms with Gasteiger partial charge in [0.15, 0.2) is 0 Å². The van der Waals surface area contributed by atoms with Crippen LogP contribution in [0, 0.1) is 0 Å². The van der Waals surface area contributed by atoms with Gasteiger partial charge in [-0.2, -0.15) is 0 Å². The lowest BCUT2D eigenvalue weighted by atomic mass is 9.98. The molecule has 0 aromatic carbocycles. The molecule has 0 unspecified atom stereocenters. The van der Waals surface area contributed by atoms with Crippen molar-refractivity contribution in [1.29, 1.82) is 0 Å². The molecule has 2 N–H and O–H groups in total. The fourth-order valence-electron chi connectivity index (χ4n) is 3.57. The second-order valence-electron chi connectivity index (χ2n) is 6.90. The predicted octanol–water partition coefficient (Wildman–Crippen LogP) is 0.161. The van der Waals surface area contributed by atoms with Crippen molar-refractivity contribution in [3.05, 3.63) is 0 Å². The molecule has 2 saturated heterocycles. The molecule has 8 nitrogen and oxygen atoms in total. The molecule has 0 aromatic rings. The van der Waals surface area contributed by atoms with E-state index in [9.17, 15) is 14.4 Å². The molecule has 0 radical (unpaired) electrons. The first kappa shape index (κ1) is 17.2. The number of amides is 4. The molecule has 4 amide bonds. The van der Waals surface area contributed by atoms with Gasteiger partial charge in [-0.3, -0.25) is 14.5 Å². The van der Waals surface area contributed by atoms with E-state index in [2.05, 4.69) is 10.6 Å². The van der Waals surface area contributed by atoms with E-state index in [-0.39, 0.29) is 30.5 Å². The molecule has 1 spiro atoms. The van der Waals surface area contributed by atoms with Crippen LogP contribution in [0.25, 0.3) is 0 Å². The highest BCUT2D eigenvalue weighted by atomic mass is 16.5. The molecular formula is C16H25N3O5. The zero-order chi connectivity index (χ0) is 17.2. The Morgan fingerprint density at radius 3 is 2.88 bits per heavy atom. The number of nitrogens with zero attached hydrogens (tertiary/aromatic N) is 1. The maximum atomic E-state index is 12.5. The molecule has 3 fully saturated rings. The molecule has 2 atom stereocenters. The number of hydrogen-bond donors (Lipinski definition) is 2. The Hall–Kier alpha value is -1.67. The maximum absolute atomic E-state index is 12.5. The van der Waals surface area contributed by atoms with Crippen LogP contribution < -0.4 is 10.6 Å². The topological polar surface area (TPSA) is 97.0 Å². The van der Waals surface area contributed by atoms with Gasteiger partial charge in [0, 0.05) is 12.6 Å². The predicted molar refractivity (Wildman–Crippen MR) is 84.2 cm³/mol. The minimum atomic E-state index is -0.769. The number of urea groups is 1. The molecule has 3 aliphatic rings. The van der Waals surface area contributed by atoms with Crippen molar-refractivity contribution in [3.63, 3.8) is 0 Å². The zero-order valence-electron chi connectivity index (χ0n) is 14.0. The van der Waals surface area contributed by atoms with Crippen LogP contribution in [0.15, 0.2) is 0 Å². The monoisotopic (exact) mass is 339 g/mol. The molecule has 0 bridgehead atoms. The molecule has 1 saturated carbocycles. The minimum Gasteiger partial charge on any atom is -0.379 e. The highest BCUT2D eigenvalue weighted by Gasteiger charge is 2.52. The van der Waals surface area contributed by atoms with Gasteiger partial charge in [0.25, 0.3) is 5.91 Å². The molecule has 0 aromatic heterocycles. The summed E-state index contributed by atoms with van der Waals surface area (Å²) in [6.45, 7) is 3.26. The molecule has 3 rings (SSSR count). The van der Waals surface area contributed by atoms with E-state index in [0.29, 0.717) is 32.7 Å². The molecular weight excluding hydrogens is 314 g/mol. The summed E-state index contributed by atoms with van der Waals surface area (Å²) < 4.78 is 10.9. The van der Waals surface area contributed by atoms with E-state index in [0.717, 1.165) is 24.2 Å². The first-order chi connectivity index (χ1) is 11.5. The van der Waals surface area contributed by atoms with E-state index in [1.165, 1.54) is 0 Å². The smallest absolute Gasteiger partial charge is 0.325 e. The number of carbonyl (C=O) groups is 3. The number of rotatable bonds is 6. The Bertz CT molecular complexity index is 512. The van der Waals surface area contributed by atoms with E-state index >= 15 is 0 Å². The zero-order valence-corrected chi connectivity index (χ0v) is 14.0. The molecule has 8 heteroatoms. The number of carbonyl (C=O) groups excluding carboxylic acids is 3. The van der Waals surface area contributed by atoms with Crippen molar-refractivity contribution in [2.75, 3.05) is 26.4 Å². The van der Waals surface area contributed by atoms with Gasteiger partial charge in [-0.1, -0.05) is 12.8 Å². The molecule has 24 heavy (non-hydrogen) atoms.